The second kappa shape index (κ2) is 22.8. The second-order valence-electron chi connectivity index (χ2n) is 14.1. The number of nitrogens with zero attached hydrogens (tertiary/aromatic N) is 1. The summed E-state index contributed by atoms with van der Waals surface area (Å²) in [5.41, 5.74) is 10.8. The Balaban J connectivity index is 1.34. The van der Waals surface area contributed by atoms with E-state index in [1.165, 1.54) is 12.0 Å². The van der Waals surface area contributed by atoms with E-state index in [0.29, 0.717) is 30.9 Å². The summed E-state index contributed by atoms with van der Waals surface area (Å²) in [5.74, 6) is -1.83. The Labute approximate surface area is 318 Å². The van der Waals surface area contributed by atoms with E-state index in [4.69, 9.17) is 15.6 Å². The number of carbonyl (C=O) groups is 5. The highest BCUT2D eigenvalue weighted by Gasteiger charge is 2.27. The van der Waals surface area contributed by atoms with E-state index in [9.17, 15) is 24.0 Å². The molecule has 2 aromatic carbocycles. The summed E-state index contributed by atoms with van der Waals surface area (Å²) in [7, 11) is 0. The molecule has 4 amide bonds. The molecule has 0 aliphatic carbocycles. The van der Waals surface area contributed by atoms with Crippen molar-refractivity contribution in [1.82, 2.24) is 20.9 Å². The molecule has 294 valence electrons. The third kappa shape index (κ3) is 15.0. The molecule has 0 spiro atoms. The fraction of sp³-hybridized carbons (Fsp3) is 0.512. The Hall–Kier alpha value is -5.20. The first kappa shape index (κ1) is 43.2. The molecule has 0 aliphatic heterocycles. The van der Waals surface area contributed by atoms with Crippen molar-refractivity contribution in [3.8, 4) is 0 Å². The predicted octanol–water partition coefficient (Wildman–Crippen LogP) is 6.42. The van der Waals surface area contributed by atoms with E-state index in [0.717, 1.165) is 67.0 Å². The number of ether oxygens (including phenoxy) is 1. The number of benzene rings is 2. The highest BCUT2D eigenvalue weighted by Crippen LogP contribution is 2.25. The molecular formula is C41H58N6O7. The molecule has 7 N–H and O–H groups in total. The normalized spacial score (nSPS) is 12.2. The molecule has 3 aromatic rings. The summed E-state index contributed by atoms with van der Waals surface area (Å²) >= 11 is 0. The number of amides is 4. The zero-order valence-corrected chi connectivity index (χ0v) is 32.2. The van der Waals surface area contributed by atoms with Gasteiger partial charge in [0.25, 0.3) is 0 Å². The molecule has 3 rings (SSSR count). The first-order chi connectivity index (χ1) is 25.9. The number of pyridine rings is 1. The minimum Gasteiger partial charge on any atom is -0.481 e. The number of carboxylic acid groups (broad SMARTS) is 1. The van der Waals surface area contributed by atoms with Crippen molar-refractivity contribution in [2.75, 3.05) is 17.6 Å². The van der Waals surface area contributed by atoms with E-state index in [1.807, 2.05) is 12.1 Å². The van der Waals surface area contributed by atoms with Gasteiger partial charge in [-0.3, -0.25) is 19.2 Å². The highest BCUT2D eigenvalue weighted by molar-refractivity contribution is 5.98. The summed E-state index contributed by atoms with van der Waals surface area (Å²) in [6, 6.07) is 13.5. The number of nitrogen functional groups attached to an aromatic ring is 1. The molecule has 0 saturated carbocycles. The standard InChI is InChI=1S/C41H58N6O7/c1-5-6-8-15-31-25-33-30(16-13-17-34(33)46-38(31)42)14-9-7-12-24-43-41(53)54-26-29-20-22-32(23-21-29)45-39(51)28(4)44-40(52)37(27(2)3)47-35(48)18-10-11-19-36(49)50/h13,16-17,20-23,25,27-28,37H,5-12,14-15,18-19,24,26H2,1-4H3,(H2,42,46)(H,43,53)(H,44,52)(H,45,51)(H,47,48)(H,49,50)/t28-,37-/m0/s1. The van der Waals surface area contributed by atoms with Crippen LogP contribution in [0.4, 0.5) is 16.3 Å². The number of aromatic nitrogens is 1. The number of unbranched alkanes of at least 4 members (excludes halogenated alkanes) is 5. The number of anilines is 2. The minimum absolute atomic E-state index is 0.0207. The van der Waals surface area contributed by atoms with Gasteiger partial charge in [-0.15, -0.1) is 0 Å². The molecule has 0 radical (unpaired) electrons. The zero-order valence-electron chi connectivity index (χ0n) is 32.2. The third-order valence-electron chi connectivity index (χ3n) is 9.16. The van der Waals surface area contributed by atoms with Crippen molar-refractivity contribution >= 4 is 52.2 Å². The highest BCUT2D eigenvalue weighted by atomic mass is 16.5. The van der Waals surface area contributed by atoms with Crippen LogP contribution in [0.15, 0.2) is 48.5 Å². The van der Waals surface area contributed by atoms with Crippen LogP contribution in [0, 0.1) is 5.92 Å². The molecule has 2 atom stereocenters. The van der Waals surface area contributed by atoms with Crippen LogP contribution >= 0.6 is 0 Å². The molecule has 0 bridgehead atoms. The first-order valence-electron chi connectivity index (χ1n) is 19.2. The van der Waals surface area contributed by atoms with Crippen LogP contribution in [0.5, 0.6) is 0 Å². The van der Waals surface area contributed by atoms with Crippen molar-refractivity contribution in [3.63, 3.8) is 0 Å². The van der Waals surface area contributed by atoms with Gasteiger partial charge in [0.15, 0.2) is 0 Å². The lowest BCUT2D eigenvalue weighted by molar-refractivity contribution is -0.137. The number of aliphatic carboxylic acids is 1. The van der Waals surface area contributed by atoms with E-state index < -0.39 is 36.0 Å². The number of alkyl carbamates (subject to hydrolysis) is 1. The number of hydrogen-bond acceptors (Lipinski definition) is 8. The largest absolute Gasteiger partial charge is 0.481 e. The van der Waals surface area contributed by atoms with Gasteiger partial charge in [0.2, 0.25) is 17.7 Å². The fourth-order valence-corrected chi connectivity index (χ4v) is 5.95. The van der Waals surface area contributed by atoms with Crippen LogP contribution < -0.4 is 27.0 Å². The van der Waals surface area contributed by atoms with Gasteiger partial charge in [0, 0.05) is 30.5 Å². The van der Waals surface area contributed by atoms with E-state index in [1.54, 1.807) is 45.0 Å². The number of rotatable bonds is 23. The van der Waals surface area contributed by atoms with Gasteiger partial charge in [0.05, 0.1) is 5.52 Å². The van der Waals surface area contributed by atoms with Gasteiger partial charge in [-0.25, -0.2) is 9.78 Å². The Kier molecular flexibility index (Phi) is 18.2. The van der Waals surface area contributed by atoms with Crippen LogP contribution in [0.1, 0.15) is 109 Å². The summed E-state index contributed by atoms with van der Waals surface area (Å²) in [5, 5.41) is 20.8. The molecule has 0 saturated heterocycles. The first-order valence-corrected chi connectivity index (χ1v) is 19.2. The minimum atomic E-state index is -0.921. The summed E-state index contributed by atoms with van der Waals surface area (Å²) < 4.78 is 5.36. The molecule has 54 heavy (non-hydrogen) atoms. The van der Waals surface area contributed by atoms with E-state index in [2.05, 4.69) is 45.3 Å². The number of hydrogen-bond donors (Lipinski definition) is 6. The van der Waals surface area contributed by atoms with Crippen molar-refractivity contribution in [1.29, 1.82) is 0 Å². The number of aryl methyl sites for hydroxylation is 2. The maximum Gasteiger partial charge on any atom is 0.407 e. The molecule has 0 unspecified atom stereocenters. The Morgan fingerprint density at radius 1 is 0.815 bits per heavy atom. The van der Waals surface area contributed by atoms with E-state index >= 15 is 0 Å². The monoisotopic (exact) mass is 746 g/mol. The summed E-state index contributed by atoms with van der Waals surface area (Å²) in [4.78, 5) is 65.6. The average molecular weight is 747 g/mol. The zero-order chi connectivity index (χ0) is 39.5. The lowest BCUT2D eigenvalue weighted by atomic mass is 9.99. The quantitative estimate of drug-likeness (QED) is 0.0593. The van der Waals surface area contributed by atoms with Gasteiger partial charge in [-0.1, -0.05) is 64.3 Å². The van der Waals surface area contributed by atoms with E-state index in [-0.39, 0.29) is 31.3 Å². The summed E-state index contributed by atoms with van der Waals surface area (Å²) in [6.07, 6.45) is 8.41. The lowest BCUT2D eigenvalue weighted by Gasteiger charge is -2.24. The molecule has 0 fully saturated rings. The van der Waals surface area contributed by atoms with Crippen molar-refractivity contribution < 1.29 is 33.8 Å². The van der Waals surface area contributed by atoms with Gasteiger partial charge in [-0.05, 0) is 98.7 Å². The molecular weight excluding hydrogens is 688 g/mol. The second-order valence-corrected chi connectivity index (χ2v) is 14.1. The molecule has 1 aromatic heterocycles. The summed E-state index contributed by atoms with van der Waals surface area (Å²) in [6.45, 7) is 7.87. The van der Waals surface area contributed by atoms with Crippen molar-refractivity contribution in [2.45, 2.75) is 123 Å². The molecule has 0 aliphatic rings. The van der Waals surface area contributed by atoms with Gasteiger partial charge >= 0.3 is 12.1 Å². The number of nitrogens with two attached hydrogens (primary N) is 1. The Morgan fingerprint density at radius 2 is 1.52 bits per heavy atom. The van der Waals surface area contributed by atoms with Crippen LogP contribution in [-0.2, 0) is 43.4 Å². The predicted molar refractivity (Wildman–Crippen MR) is 211 cm³/mol. The van der Waals surface area contributed by atoms with Gasteiger partial charge in [-0.2, -0.15) is 0 Å². The van der Waals surface area contributed by atoms with Gasteiger partial charge < -0.3 is 36.8 Å². The van der Waals surface area contributed by atoms with Crippen LogP contribution in [0.3, 0.4) is 0 Å². The average Bonchev–Trinajstić information content (AvgIpc) is 3.13. The molecule has 13 nitrogen and oxygen atoms in total. The van der Waals surface area contributed by atoms with Crippen LogP contribution in [0.25, 0.3) is 10.9 Å². The Morgan fingerprint density at radius 3 is 2.22 bits per heavy atom. The number of carboxylic acids is 1. The number of nitrogens with one attached hydrogen (secondary N) is 4. The topological polar surface area (TPSA) is 202 Å². The maximum absolute atomic E-state index is 12.9. The van der Waals surface area contributed by atoms with Crippen molar-refractivity contribution in [2.24, 2.45) is 5.92 Å². The fourth-order valence-electron chi connectivity index (χ4n) is 5.95. The third-order valence-corrected chi connectivity index (χ3v) is 9.16. The SMILES string of the molecule is CCCCCc1cc2c(CCCCCNC(=O)OCc3ccc(NC(=O)[C@H](C)NC(=O)[C@@H](NC(=O)CCCCC(=O)O)C(C)C)cc3)cccc2nc1N. The smallest absolute Gasteiger partial charge is 0.407 e. The number of fused-ring (bicyclic) bond motifs is 1. The van der Waals surface area contributed by atoms with Crippen LogP contribution in [-0.4, -0.2) is 58.5 Å². The molecule has 13 heteroatoms. The van der Waals surface area contributed by atoms with Crippen molar-refractivity contribution in [3.05, 3.63) is 65.2 Å². The number of carbonyl (C=O) groups excluding carboxylic acids is 4. The molecule has 1 heterocycles. The maximum atomic E-state index is 12.9. The lowest BCUT2D eigenvalue weighted by Crippen LogP contribution is -2.53. The van der Waals surface area contributed by atoms with Gasteiger partial charge in [0.1, 0.15) is 24.5 Å². The van der Waals surface area contributed by atoms with Crippen LogP contribution in [0.2, 0.25) is 0 Å². The Bertz CT molecular complexity index is 1700.